The van der Waals surface area contributed by atoms with Crippen LogP contribution < -0.4 is 22.1 Å². The molecule has 7 N–H and O–H groups in total. The molecular formula is C19H17F6N7O6S. The molecule has 2 amide bonds. The van der Waals surface area contributed by atoms with Crippen molar-refractivity contribution >= 4 is 51.8 Å². The Morgan fingerprint density at radius 3 is 2.10 bits per heavy atom. The molecule has 0 saturated carbocycles. The Morgan fingerprint density at radius 1 is 1.05 bits per heavy atom. The number of Topliss-reactive ketones (excluding diaryl/α,β-unsaturated/α-hetero) is 2. The lowest BCUT2D eigenvalue weighted by Crippen LogP contribution is -2.39. The number of aliphatic carboxylic acids is 1. The number of carbonyl (C=O) groups is 5. The Labute approximate surface area is 217 Å². The van der Waals surface area contributed by atoms with Crippen molar-refractivity contribution in [3.8, 4) is 0 Å². The molecule has 0 aliphatic carbocycles. The lowest BCUT2D eigenvalue weighted by atomic mass is 10.1. The predicted molar refractivity (Wildman–Crippen MR) is 119 cm³/mol. The zero-order chi connectivity index (χ0) is 30.0. The molecule has 0 saturated heterocycles. The molecule has 212 valence electrons. The summed E-state index contributed by atoms with van der Waals surface area (Å²) in [6.45, 7) is -0.357. The predicted octanol–water partition coefficient (Wildman–Crippen LogP) is 0.754. The number of nitrogens with two attached hydrogens (primary N) is 2. The molecule has 2 rings (SSSR count). The Bertz CT molecular complexity index is 1210. The van der Waals surface area contributed by atoms with Gasteiger partial charge in [-0.2, -0.15) is 31.3 Å². The van der Waals surface area contributed by atoms with E-state index >= 15 is 0 Å². The fraction of sp³-hybridized carbons (Fsp3) is 0.263. The van der Waals surface area contributed by atoms with Gasteiger partial charge in [0.15, 0.2) is 5.96 Å². The van der Waals surface area contributed by atoms with Crippen LogP contribution in [0.25, 0.3) is 0 Å². The van der Waals surface area contributed by atoms with E-state index in [2.05, 4.69) is 25.6 Å². The Morgan fingerprint density at radius 2 is 1.64 bits per heavy atom. The number of pyridine rings is 1. The van der Waals surface area contributed by atoms with Crippen molar-refractivity contribution in [1.29, 1.82) is 0 Å². The van der Waals surface area contributed by atoms with Crippen molar-refractivity contribution in [2.75, 3.05) is 6.54 Å². The molecule has 39 heavy (non-hydrogen) atoms. The van der Waals surface area contributed by atoms with Crippen molar-refractivity contribution in [3.63, 3.8) is 0 Å². The lowest BCUT2D eigenvalue weighted by molar-refractivity contribution is -0.193. The van der Waals surface area contributed by atoms with Gasteiger partial charge in [0, 0.05) is 17.8 Å². The number of hydrogen-bond acceptors (Lipinski definition) is 9. The smallest absolute Gasteiger partial charge is 0.458 e. The van der Waals surface area contributed by atoms with Crippen LogP contribution in [0.4, 0.5) is 31.5 Å². The Kier molecular flexibility index (Phi) is 11.5. The van der Waals surface area contributed by atoms with Crippen LogP contribution in [0.1, 0.15) is 28.5 Å². The summed E-state index contributed by atoms with van der Waals surface area (Å²) >= 11 is 1.06. The summed E-state index contributed by atoms with van der Waals surface area (Å²) in [4.78, 5) is 65.9. The van der Waals surface area contributed by atoms with E-state index in [1.54, 1.807) is 12.1 Å². The number of aromatic nitrogens is 2. The molecule has 1 atom stereocenters. The van der Waals surface area contributed by atoms with Crippen LogP contribution in [-0.2, 0) is 19.2 Å². The summed E-state index contributed by atoms with van der Waals surface area (Å²) in [5, 5.41) is 15.6. The number of rotatable bonds is 9. The molecule has 2 aromatic rings. The third-order valence-electron chi connectivity index (χ3n) is 3.88. The maximum absolute atomic E-state index is 12.1. The third-order valence-corrected chi connectivity index (χ3v) is 4.62. The molecule has 0 radical (unpaired) electrons. The third kappa shape index (κ3) is 11.5. The number of alkyl halides is 6. The quantitative estimate of drug-likeness (QED) is 0.120. The number of guanidine groups is 1. The van der Waals surface area contributed by atoms with Crippen LogP contribution in [0.5, 0.6) is 0 Å². The molecule has 0 spiro atoms. The van der Waals surface area contributed by atoms with E-state index in [-0.39, 0.29) is 29.8 Å². The van der Waals surface area contributed by atoms with Crippen LogP contribution in [0.15, 0.2) is 34.9 Å². The highest BCUT2D eigenvalue weighted by Gasteiger charge is 2.54. The molecule has 1 unspecified atom stereocenters. The highest BCUT2D eigenvalue weighted by Crippen LogP contribution is 2.24. The first-order chi connectivity index (χ1) is 17.9. The molecule has 2 aromatic heterocycles. The maximum Gasteiger partial charge on any atom is 0.458 e. The van der Waals surface area contributed by atoms with Gasteiger partial charge in [0.25, 0.3) is 5.91 Å². The molecule has 0 aliphatic rings. The van der Waals surface area contributed by atoms with E-state index in [0.717, 1.165) is 11.3 Å². The number of halogens is 6. The van der Waals surface area contributed by atoms with E-state index in [1.165, 1.54) is 17.8 Å². The number of nitrogens with zero attached hydrogens (tertiary/aromatic N) is 3. The van der Waals surface area contributed by atoms with Crippen molar-refractivity contribution < 1.29 is 55.4 Å². The van der Waals surface area contributed by atoms with Crippen LogP contribution in [0.3, 0.4) is 0 Å². The first-order valence-electron chi connectivity index (χ1n) is 9.89. The van der Waals surface area contributed by atoms with Crippen LogP contribution in [0, 0.1) is 0 Å². The lowest BCUT2D eigenvalue weighted by Gasteiger charge is -2.17. The number of nitrogens with one attached hydrogen (secondary N) is 2. The summed E-state index contributed by atoms with van der Waals surface area (Å²) in [5.41, 5.74) is 11.1. The molecular weight excluding hydrogens is 568 g/mol. The van der Waals surface area contributed by atoms with E-state index in [9.17, 15) is 50.3 Å². The van der Waals surface area contributed by atoms with Gasteiger partial charge in [-0.05, 0) is 11.6 Å². The normalized spacial score (nSPS) is 11.7. The first-order valence-corrected chi connectivity index (χ1v) is 10.8. The zero-order valence-corrected chi connectivity index (χ0v) is 19.9. The monoisotopic (exact) mass is 585 g/mol. The van der Waals surface area contributed by atoms with Gasteiger partial charge in [0.2, 0.25) is 11.0 Å². The molecule has 0 aliphatic heterocycles. The fourth-order valence-corrected chi connectivity index (χ4v) is 2.98. The van der Waals surface area contributed by atoms with Gasteiger partial charge in [-0.15, -0.1) is 11.3 Å². The fourth-order valence-electron chi connectivity index (χ4n) is 2.29. The van der Waals surface area contributed by atoms with E-state index in [1.807, 2.05) is 0 Å². The van der Waals surface area contributed by atoms with Gasteiger partial charge in [-0.1, -0.05) is 6.07 Å². The number of carboxylic acid groups (broad SMARTS) is 1. The summed E-state index contributed by atoms with van der Waals surface area (Å²) in [6, 6.07) is 2.52. The van der Waals surface area contributed by atoms with Crippen LogP contribution in [0.2, 0.25) is 0 Å². The average Bonchev–Trinajstić information content (AvgIpc) is 3.28. The second-order valence-electron chi connectivity index (χ2n) is 6.89. The van der Waals surface area contributed by atoms with Crippen molar-refractivity contribution in [2.24, 2.45) is 16.5 Å². The first kappa shape index (κ1) is 32.4. The minimum absolute atomic E-state index is 0.0575. The zero-order valence-electron chi connectivity index (χ0n) is 19.0. The minimum Gasteiger partial charge on any atom is -0.481 e. The second kappa shape index (κ2) is 13.8. The SMILES string of the molecule is NC(N)=Nc1nc(C(=O)NCC(=O)NC(CC(=O)O)c2cccnc2)cs1.O=C(C(=O)C(F)(F)F)C(F)(F)F. The van der Waals surface area contributed by atoms with Gasteiger partial charge in [0.1, 0.15) is 5.69 Å². The number of aliphatic imine (C=N–C) groups is 1. The number of amides is 2. The van der Waals surface area contributed by atoms with Crippen molar-refractivity contribution in [3.05, 3.63) is 41.2 Å². The molecule has 0 bridgehead atoms. The standard InChI is InChI=1S/C15H17N7O4S.C4F6O2/c16-14(17)22-15-21-10(7-27-15)13(26)19-6-11(23)20-9(4-12(24)25)8-2-1-3-18-5-8;5-3(6,7)1(11)2(12)4(8,9)10/h1-3,5,7,9H,4,6H2,(H,19,26)(H,20,23)(H,24,25)(H4,16,17,21,22);. The topological polar surface area (TPSA) is 220 Å². The van der Waals surface area contributed by atoms with E-state index in [4.69, 9.17) is 16.6 Å². The second-order valence-corrected chi connectivity index (χ2v) is 7.73. The highest BCUT2D eigenvalue weighted by atomic mass is 32.1. The molecule has 2 heterocycles. The Balaban J connectivity index is 0.000000534. The van der Waals surface area contributed by atoms with Crippen molar-refractivity contribution in [2.45, 2.75) is 24.8 Å². The number of carboxylic acids is 1. The Hall–Kier alpha value is -4.62. The summed E-state index contributed by atoms with van der Waals surface area (Å²) < 4.78 is 67.0. The number of thiazole rings is 1. The minimum atomic E-state index is -5.77. The summed E-state index contributed by atoms with van der Waals surface area (Å²) in [5.74, 6) is -9.23. The number of hydrogen-bond donors (Lipinski definition) is 5. The number of ketones is 2. The van der Waals surface area contributed by atoms with E-state index < -0.39 is 47.7 Å². The van der Waals surface area contributed by atoms with Crippen LogP contribution in [-0.4, -0.2) is 69.3 Å². The van der Waals surface area contributed by atoms with Crippen LogP contribution >= 0.6 is 11.3 Å². The molecule has 0 aromatic carbocycles. The van der Waals surface area contributed by atoms with Gasteiger partial charge < -0.3 is 27.2 Å². The van der Waals surface area contributed by atoms with Gasteiger partial charge >= 0.3 is 29.9 Å². The molecule has 20 heteroatoms. The molecule has 0 fully saturated rings. The number of carbonyl (C=O) groups excluding carboxylic acids is 4. The highest BCUT2D eigenvalue weighted by molar-refractivity contribution is 7.13. The van der Waals surface area contributed by atoms with Gasteiger partial charge in [-0.3, -0.25) is 29.0 Å². The average molecular weight is 585 g/mol. The van der Waals surface area contributed by atoms with Gasteiger partial charge in [-0.25, -0.2) is 4.98 Å². The van der Waals surface area contributed by atoms with Crippen molar-refractivity contribution in [1.82, 2.24) is 20.6 Å². The molecule has 13 nitrogen and oxygen atoms in total. The summed E-state index contributed by atoms with van der Waals surface area (Å²) in [6.07, 6.45) is -8.86. The maximum atomic E-state index is 12.1. The van der Waals surface area contributed by atoms with Gasteiger partial charge in [0.05, 0.1) is 19.0 Å². The van der Waals surface area contributed by atoms with E-state index in [0.29, 0.717) is 5.56 Å². The largest absolute Gasteiger partial charge is 0.481 e. The summed E-state index contributed by atoms with van der Waals surface area (Å²) in [7, 11) is 0.